The smallest absolute Gasteiger partial charge is 0.261 e. The lowest BCUT2D eigenvalue weighted by Crippen LogP contribution is -1.92. The lowest BCUT2D eigenvalue weighted by Gasteiger charge is -2.01. The molecule has 0 amide bonds. The average Bonchev–Trinajstić information content (AvgIpc) is 2.93. The highest BCUT2D eigenvalue weighted by atomic mass is 79.9. The average molecular weight is 345 g/mol. The molecular weight excluding hydrogens is 332 g/mol. The van der Waals surface area contributed by atoms with Gasteiger partial charge in [-0.3, -0.25) is 0 Å². The second-order valence-corrected chi connectivity index (χ2v) is 5.61. The third kappa shape index (κ3) is 2.83. The molecule has 1 heterocycles. The van der Waals surface area contributed by atoms with Crippen LogP contribution in [0.25, 0.3) is 11.5 Å². The molecule has 0 spiro atoms. The summed E-state index contributed by atoms with van der Waals surface area (Å²) in [6.45, 7) is 1.83. The summed E-state index contributed by atoms with van der Waals surface area (Å²) in [7, 11) is 0. The SMILES string of the molecule is Cc1cccc(-c2nc(Cc3ccccc3Br)no2)c1O. The van der Waals surface area contributed by atoms with Gasteiger partial charge in [-0.1, -0.05) is 51.4 Å². The molecule has 106 valence electrons. The second-order valence-electron chi connectivity index (χ2n) is 4.76. The van der Waals surface area contributed by atoms with E-state index >= 15 is 0 Å². The highest BCUT2D eigenvalue weighted by molar-refractivity contribution is 9.10. The first-order valence-electron chi connectivity index (χ1n) is 6.50. The Morgan fingerprint density at radius 1 is 1.14 bits per heavy atom. The first kappa shape index (κ1) is 13.8. The second kappa shape index (κ2) is 5.69. The van der Waals surface area contributed by atoms with Crippen LogP contribution < -0.4 is 0 Å². The highest BCUT2D eigenvalue weighted by Crippen LogP contribution is 2.30. The summed E-state index contributed by atoms with van der Waals surface area (Å²) in [4.78, 5) is 4.36. The minimum Gasteiger partial charge on any atom is -0.507 e. The first-order valence-corrected chi connectivity index (χ1v) is 7.29. The van der Waals surface area contributed by atoms with E-state index in [1.807, 2.05) is 43.3 Å². The van der Waals surface area contributed by atoms with Gasteiger partial charge in [0, 0.05) is 10.9 Å². The molecule has 2 aromatic carbocycles. The molecule has 21 heavy (non-hydrogen) atoms. The van der Waals surface area contributed by atoms with Gasteiger partial charge in [-0.25, -0.2) is 0 Å². The molecule has 0 aliphatic carbocycles. The van der Waals surface area contributed by atoms with Gasteiger partial charge < -0.3 is 9.63 Å². The monoisotopic (exact) mass is 344 g/mol. The molecule has 0 saturated carbocycles. The summed E-state index contributed by atoms with van der Waals surface area (Å²) < 4.78 is 6.27. The molecular formula is C16H13BrN2O2. The summed E-state index contributed by atoms with van der Waals surface area (Å²) in [5, 5.41) is 14.0. The zero-order valence-corrected chi connectivity index (χ0v) is 13.0. The lowest BCUT2D eigenvalue weighted by atomic mass is 10.1. The molecule has 5 heteroatoms. The van der Waals surface area contributed by atoms with Crippen molar-refractivity contribution in [1.29, 1.82) is 0 Å². The number of aromatic nitrogens is 2. The molecule has 3 rings (SSSR count). The van der Waals surface area contributed by atoms with Crippen molar-refractivity contribution in [2.75, 3.05) is 0 Å². The standard InChI is InChI=1S/C16H13BrN2O2/c1-10-5-4-7-12(15(10)20)16-18-14(19-21-16)9-11-6-2-3-8-13(11)17/h2-8,20H,9H2,1H3. The van der Waals surface area contributed by atoms with Crippen LogP contribution in [0.2, 0.25) is 0 Å². The molecule has 0 aliphatic heterocycles. The maximum Gasteiger partial charge on any atom is 0.261 e. The summed E-state index contributed by atoms with van der Waals surface area (Å²) >= 11 is 3.50. The van der Waals surface area contributed by atoms with Crippen LogP contribution >= 0.6 is 15.9 Å². The van der Waals surface area contributed by atoms with Crippen LogP contribution in [0.3, 0.4) is 0 Å². The van der Waals surface area contributed by atoms with Crippen molar-refractivity contribution in [2.45, 2.75) is 13.3 Å². The number of benzene rings is 2. The van der Waals surface area contributed by atoms with E-state index in [1.54, 1.807) is 6.07 Å². The number of phenols is 1. The van der Waals surface area contributed by atoms with Crippen molar-refractivity contribution < 1.29 is 9.63 Å². The molecule has 1 N–H and O–H groups in total. The Labute approximate surface area is 130 Å². The van der Waals surface area contributed by atoms with Crippen molar-refractivity contribution in [2.24, 2.45) is 0 Å². The molecule has 0 unspecified atom stereocenters. The Hall–Kier alpha value is -2.14. The number of aryl methyl sites for hydroxylation is 1. The number of nitrogens with zero attached hydrogens (tertiary/aromatic N) is 2. The zero-order valence-electron chi connectivity index (χ0n) is 11.4. The van der Waals surface area contributed by atoms with Gasteiger partial charge in [0.15, 0.2) is 5.82 Å². The predicted molar refractivity (Wildman–Crippen MR) is 83.1 cm³/mol. The van der Waals surface area contributed by atoms with E-state index in [4.69, 9.17) is 4.52 Å². The van der Waals surface area contributed by atoms with Crippen molar-refractivity contribution >= 4 is 15.9 Å². The number of halogens is 1. The molecule has 3 aromatic rings. The molecule has 0 radical (unpaired) electrons. The Morgan fingerprint density at radius 3 is 2.76 bits per heavy atom. The van der Waals surface area contributed by atoms with Crippen LogP contribution in [-0.2, 0) is 6.42 Å². The number of hydrogen-bond acceptors (Lipinski definition) is 4. The van der Waals surface area contributed by atoms with Crippen LogP contribution in [0.15, 0.2) is 51.5 Å². The number of phenolic OH excluding ortho intramolecular Hbond substituents is 1. The highest BCUT2D eigenvalue weighted by Gasteiger charge is 2.14. The number of rotatable bonds is 3. The predicted octanol–water partition coefficient (Wildman–Crippen LogP) is 4.10. The van der Waals surface area contributed by atoms with E-state index in [-0.39, 0.29) is 5.75 Å². The lowest BCUT2D eigenvalue weighted by molar-refractivity contribution is 0.418. The van der Waals surface area contributed by atoms with E-state index in [1.165, 1.54) is 0 Å². The van der Waals surface area contributed by atoms with Crippen molar-refractivity contribution in [1.82, 2.24) is 10.1 Å². The Morgan fingerprint density at radius 2 is 1.95 bits per heavy atom. The summed E-state index contributed by atoms with van der Waals surface area (Å²) in [5.74, 6) is 1.09. The van der Waals surface area contributed by atoms with Crippen molar-refractivity contribution in [3.63, 3.8) is 0 Å². The summed E-state index contributed by atoms with van der Waals surface area (Å²) in [6, 6.07) is 13.3. The number of hydrogen-bond donors (Lipinski definition) is 1. The van der Waals surface area contributed by atoms with E-state index in [0.29, 0.717) is 23.7 Å². The van der Waals surface area contributed by atoms with Gasteiger partial charge in [-0.05, 0) is 30.2 Å². The van der Waals surface area contributed by atoms with Crippen LogP contribution in [0.5, 0.6) is 5.75 Å². The van der Waals surface area contributed by atoms with Gasteiger partial charge in [0.25, 0.3) is 5.89 Å². The van der Waals surface area contributed by atoms with Gasteiger partial charge in [0.2, 0.25) is 0 Å². The molecule has 0 bridgehead atoms. The molecule has 0 atom stereocenters. The fourth-order valence-electron chi connectivity index (χ4n) is 2.08. The normalized spacial score (nSPS) is 10.8. The van der Waals surface area contributed by atoms with Crippen molar-refractivity contribution in [3.8, 4) is 17.2 Å². The Balaban J connectivity index is 1.90. The molecule has 0 saturated heterocycles. The van der Waals surface area contributed by atoms with Gasteiger partial charge in [-0.2, -0.15) is 4.98 Å². The third-order valence-electron chi connectivity index (χ3n) is 3.24. The Bertz CT molecular complexity index is 783. The molecule has 4 nitrogen and oxygen atoms in total. The van der Waals surface area contributed by atoms with Gasteiger partial charge in [-0.15, -0.1) is 0 Å². The summed E-state index contributed by atoms with van der Waals surface area (Å²) in [6.07, 6.45) is 0.567. The van der Waals surface area contributed by atoms with E-state index in [2.05, 4.69) is 26.1 Å². The minimum atomic E-state index is 0.175. The maximum absolute atomic E-state index is 10.1. The van der Waals surface area contributed by atoms with Crippen LogP contribution in [0, 0.1) is 6.92 Å². The van der Waals surface area contributed by atoms with E-state index in [0.717, 1.165) is 15.6 Å². The topological polar surface area (TPSA) is 59.2 Å². The summed E-state index contributed by atoms with van der Waals surface area (Å²) in [5.41, 5.74) is 2.41. The maximum atomic E-state index is 10.1. The fourth-order valence-corrected chi connectivity index (χ4v) is 2.50. The van der Waals surface area contributed by atoms with Crippen molar-refractivity contribution in [3.05, 3.63) is 63.9 Å². The van der Waals surface area contributed by atoms with Crippen LogP contribution in [-0.4, -0.2) is 15.2 Å². The largest absolute Gasteiger partial charge is 0.507 e. The molecule has 0 fully saturated rings. The quantitative estimate of drug-likeness (QED) is 0.776. The van der Waals surface area contributed by atoms with Crippen LogP contribution in [0.4, 0.5) is 0 Å². The van der Waals surface area contributed by atoms with Gasteiger partial charge in [0.05, 0.1) is 5.56 Å². The third-order valence-corrected chi connectivity index (χ3v) is 4.02. The number of para-hydroxylation sites is 1. The Kier molecular flexibility index (Phi) is 3.75. The number of aromatic hydroxyl groups is 1. The molecule has 1 aromatic heterocycles. The molecule has 0 aliphatic rings. The minimum absolute atomic E-state index is 0.175. The van der Waals surface area contributed by atoms with E-state index < -0.39 is 0 Å². The van der Waals surface area contributed by atoms with Gasteiger partial charge in [0.1, 0.15) is 5.75 Å². The van der Waals surface area contributed by atoms with Gasteiger partial charge >= 0.3 is 0 Å². The fraction of sp³-hybridized carbons (Fsp3) is 0.125. The first-order chi connectivity index (χ1) is 10.1. The van der Waals surface area contributed by atoms with Crippen LogP contribution in [0.1, 0.15) is 17.0 Å². The van der Waals surface area contributed by atoms with E-state index in [9.17, 15) is 5.11 Å². The zero-order chi connectivity index (χ0) is 14.8.